The Balaban J connectivity index is 1.36. The van der Waals surface area contributed by atoms with E-state index in [4.69, 9.17) is 32.8 Å². The molecule has 286 valence electrons. The molecule has 2 aromatic carbocycles. The van der Waals surface area contributed by atoms with Crippen molar-refractivity contribution < 1.29 is 94.1 Å². The maximum Gasteiger partial charge on any atom is 0.402 e. The summed E-state index contributed by atoms with van der Waals surface area (Å²) >= 11 is 0. The smallest absolute Gasteiger partial charge is 0.402 e. The van der Waals surface area contributed by atoms with Crippen molar-refractivity contribution >= 4 is 11.0 Å². The molecule has 0 bridgehead atoms. The van der Waals surface area contributed by atoms with Gasteiger partial charge in [0, 0.05) is 12.1 Å². The van der Waals surface area contributed by atoms with Crippen molar-refractivity contribution in [1.82, 2.24) is 0 Å². The standard InChI is InChI=1S/C33H40O19/c1-11-21(38)24(41)27(44)31(47-11)46-10-20-23(40)26(43)30(52-32-28(45)25(42)22(39)19(9-34)50-32)33(51-20)49-18-8-15-16(37)6-14(36)7-17(15)48-29(18)12-2-4-13(35)5-3-12/h2-8,11,19-28,30-34,38-45H,9-10H2,1H3,(H2-,35,36,37)/p+1/t11-,19?,20+,21-,22+,23+,24+,25-,26-,27+,28+,30+,31+,32-,33+/m0/s1. The molecule has 1 aromatic heterocycles. The molecule has 0 radical (unpaired) electrons. The summed E-state index contributed by atoms with van der Waals surface area (Å²) in [4.78, 5) is 0. The first-order chi connectivity index (χ1) is 24.7. The van der Waals surface area contributed by atoms with E-state index in [-0.39, 0.29) is 34.0 Å². The van der Waals surface area contributed by atoms with Gasteiger partial charge in [0.05, 0.1) is 30.9 Å². The molecule has 4 heterocycles. The molecular formula is C33H41O19+. The zero-order valence-corrected chi connectivity index (χ0v) is 27.3. The summed E-state index contributed by atoms with van der Waals surface area (Å²) in [5.74, 6) is -1.08. The molecule has 15 atom stereocenters. The van der Waals surface area contributed by atoms with Gasteiger partial charge >= 0.3 is 11.3 Å². The summed E-state index contributed by atoms with van der Waals surface area (Å²) in [6.07, 6.45) is -25.0. The highest BCUT2D eigenvalue weighted by Gasteiger charge is 2.52. The second kappa shape index (κ2) is 15.5. The summed E-state index contributed by atoms with van der Waals surface area (Å²) in [5.41, 5.74) is 0.305. The van der Waals surface area contributed by atoms with Gasteiger partial charge in [0.15, 0.2) is 18.7 Å². The second-order valence-electron chi connectivity index (χ2n) is 12.8. The summed E-state index contributed by atoms with van der Waals surface area (Å²) < 4.78 is 40.6. The van der Waals surface area contributed by atoms with Crippen LogP contribution in [0.25, 0.3) is 22.3 Å². The molecule has 3 fully saturated rings. The van der Waals surface area contributed by atoms with Crippen LogP contribution in [0.3, 0.4) is 0 Å². The Kier molecular flexibility index (Phi) is 11.4. The molecule has 3 aromatic rings. The topological polar surface area (TPSA) is 309 Å². The summed E-state index contributed by atoms with van der Waals surface area (Å²) in [7, 11) is 0. The number of phenolic OH excluding ortho intramolecular Hbond substituents is 3. The lowest BCUT2D eigenvalue weighted by Crippen LogP contribution is -2.65. The number of rotatable bonds is 9. The number of phenols is 3. The van der Waals surface area contributed by atoms with E-state index in [1.165, 1.54) is 43.3 Å². The Hall–Kier alpha value is -3.51. The maximum atomic E-state index is 11.4. The van der Waals surface area contributed by atoms with Gasteiger partial charge in [0.1, 0.15) is 83.7 Å². The number of aliphatic hydroxyl groups is 9. The minimum atomic E-state index is -1.96. The highest BCUT2D eigenvalue weighted by atomic mass is 16.8. The average Bonchev–Trinajstić information content (AvgIpc) is 3.12. The monoisotopic (exact) mass is 741 g/mol. The Bertz CT molecular complexity index is 1670. The second-order valence-corrected chi connectivity index (χ2v) is 12.8. The molecule has 52 heavy (non-hydrogen) atoms. The lowest BCUT2D eigenvalue weighted by Gasteiger charge is -2.46. The zero-order valence-electron chi connectivity index (χ0n) is 27.3. The summed E-state index contributed by atoms with van der Waals surface area (Å²) in [6.45, 7) is 0.00871. The lowest BCUT2D eigenvalue weighted by atomic mass is 9.97. The van der Waals surface area contributed by atoms with E-state index in [1.807, 2.05) is 0 Å². The third-order valence-corrected chi connectivity index (χ3v) is 9.21. The van der Waals surface area contributed by atoms with E-state index in [1.54, 1.807) is 0 Å². The number of benzene rings is 2. The summed E-state index contributed by atoms with van der Waals surface area (Å²) in [6, 6.07) is 9.15. The molecule has 3 saturated heterocycles. The number of hydrogen-bond acceptors (Lipinski definition) is 18. The first-order valence-electron chi connectivity index (χ1n) is 16.3. The summed E-state index contributed by atoms with van der Waals surface area (Å²) in [5, 5.41) is 125. The molecular weight excluding hydrogens is 700 g/mol. The van der Waals surface area contributed by atoms with Crippen molar-refractivity contribution in [3.63, 3.8) is 0 Å². The first-order valence-corrected chi connectivity index (χ1v) is 16.3. The van der Waals surface area contributed by atoms with Crippen molar-refractivity contribution in [3.05, 3.63) is 42.5 Å². The normalized spacial score (nSPS) is 38.3. The van der Waals surface area contributed by atoms with Gasteiger partial charge in [-0.25, -0.2) is 4.42 Å². The van der Waals surface area contributed by atoms with E-state index in [9.17, 15) is 61.3 Å². The van der Waals surface area contributed by atoms with Crippen molar-refractivity contribution in [2.75, 3.05) is 13.2 Å². The first kappa shape index (κ1) is 38.2. The van der Waals surface area contributed by atoms with Crippen LogP contribution in [-0.2, 0) is 23.7 Å². The Morgan fingerprint density at radius 2 is 1.29 bits per heavy atom. The van der Waals surface area contributed by atoms with E-state index in [0.717, 1.165) is 6.07 Å². The Labute approximate surface area is 294 Å². The van der Waals surface area contributed by atoms with Crippen molar-refractivity contribution in [2.24, 2.45) is 0 Å². The van der Waals surface area contributed by atoms with Crippen LogP contribution in [0.5, 0.6) is 23.0 Å². The van der Waals surface area contributed by atoms with Crippen LogP contribution >= 0.6 is 0 Å². The average molecular weight is 742 g/mol. The van der Waals surface area contributed by atoms with Crippen LogP contribution in [0.1, 0.15) is 6.92 Å². The van der Waals surface area contributed by atoms with Gasteiger partial charge in [-0.05, 0) is 31.2 Å². The van der Waals surface area contributed by atoms with Gasteiger partial charge in [0.2, 0.25) is 12.0 Å². The third kappa shape index (κ3) is 7.47. The van der Waals surface area contributed by atoms with Crippen LogP contribution in [0.4, 0.5) is 0 Å². The molecule has 3 aliphatic heterocycles. The van der Waals surface area contributed by atoms with Crippen molar-refractivity contribution in [1.29, 1.82) is 0 Å². The molecule has 19 nitrogen and oxygen atoms in total. The molecule has 3 aliphatic rings. The third-order valence-electron chi connectivity index (χ3n) is 9.21. The number of ether oxygens (including phenoxy) is 6. The van der Waals surface area contributed by atoms with Crippen LogP contribution in [0.15, 0.2) is 46.9 Å². The Morgan fingerprint density at radius 1 is 0.654 bits per heavy atom. The van der Waals surface area contributed by atoms with Gasteiger partial charge < -0.3 is 89.7 Å². The van der Waals surface area contributed by atoms with Gasteiger partial charge in [-0.1, -0.05) is 0 Å². The SMILES string of the molecule is C[C@@H]1O[C@@H](OC[C@H]2O[C@@H](Oc3cc4c(O)cc(O)cc4[o+]c3-c3ccc(O)cc3)[C@H](O[C@@H]3OC(CO)[C@@H](O)[C@H](O)[C@H]3O)[C@@H](O)[C@@H]2O)[C@H](O)[C@H](O)[C@H]1O. The predicted octanol–water partition coefficient (Wildman–Crippen LogP) is -2.65. The number of aromatic hydroxyl groups is 3. The number of hydrogen-bond donors (Lipinski definition) is 12. The molecule has 1 unspecified atom stereocenters. The molecule has 12 N–H and O–H groups in total. The van der Waals surface area contributed by atoms with E-state index >= 15 is 0 Å². The fraction of sp³-hybridized carbons (Fsp3) is 0.545. The molecule has 0 amide bonds. The van der Waals surface area contributed by atoms with Gasteiger partial charge in [-0.2, -0.15) is 0 Å². The predicted molar refractivity (Wildman–Crippen MR) is 169 cm³/mol. The molecule has 0 saturated carbocycles. The molecule has 0 spiro atoms. The minimum Gasteiger partial charge on any atom is -0.508 e. The van der Waals surface area contributed by atoms with Gasteiger partial charge in [-0.3, -0.25) is 0 Å². The van der Waals surface area contributed by atoms with Gasteiger partial charge in [0.25, 0.3) is 0 Å². The molecule has 0 aliphatic carbocycles. The fourth-order valence-electron chi connectivity index (χ4n) is 6.17. The fourth-order valence-corrected chi connectivity index (χ4v) is 6.17. The minimum absolute atomic E-state index is 0.000846. The zero-order chi connectivity index (χ0) is 37.6. The van der Waals surface area contributed by atoms with Crippen LogP contribution in [0.2, 0.25) is 0 Å². The van der Waals surface area contributed by atoms with Crippen LogP contribution < -0.4 is 4.74 Å². The highest BCUT2D eigenvalue weighted by Crippen LogP contribution is 2.41. The highest BCUT2D eigenvalue weighted by molar-refractivity contribution is 5.88. The molecule has 6 rings (SSSR count). The maximum absolute atomic E-state index is 11.4. The van der Waals surface area contributed by atoms with E-state index < -0.39 is 111 Å². The quantitative estimate of drug-likeness (QED) is 0.0997. The van der Waals surface area contributed by atoms with Crippen molar-refractivity contribution in [2.45, 2.75) is 99.0 Å². The largest absolute Gasteiger partial charge is 0.508 e. The number of fused-ring (bicyclic) bond motifs is 1. The van der Waals surface area contributed by atoms with Crippen LogP contribution in [-0.4, -0.2) is 167 Å². The van der Waals surface area contributed by atoms with E-state index in [2.05, 4.69) is 0 Å². The van der Waals surface area contributed by atoms with Crippen molar-refractivity contribution in [3.8, 4) is 34.3 Å². The molecule has 19 heteroatoms. The van der Waals surface area contributed by atoms with Gasteiger partial charge in [-0.15, -0.1) is 0 Å². The number of aliphatic hydroxyl groups excluding tert-OH is 9. The van der Waals surface area contributed by atoms with E-state index in [0.29, 0.717) is 5.56 Å². The Morgan fingerprint density at radius 3 is 1.98 bits per heavy atom. The lowest BCUT2D eigenvalue weighted by molar-refractivity contribution is -0.362. The van der Waals surface area contributed by atoms with Crippen LogP contribution in [0, 0.1) is 0 Å².